The molecule has 0 saturated carbocycles. The molecule has 0 amide bonds. The fourth-order valence-electron chi connectivity index (χ4n) is 1.66. The summed E-state index contributed by atoms with van der Waals surface area (Å²) in [6.45, 7) is 2.39. The van der Waals surface area contributed by atoms with Crippen molar-refractivity contribution in [1.82, 2.24) is 10.3 Å². The van der Waals surface area contributed by atoms with Gasteiger partial charge in [-0.25, -0.2) is 0 Å². The number of aryl methyl sites for hydroxylation is 1. The van der Waals surface area contributed by atoms with Crippen LogP contribution in [0.5, 0.6) is 0 Å². The molecule has 1 N–H and O–H groups in total. The summed E-state index contributed by atoms with van der Waals surface area (Å²) in [5, 5.41) is 4.23. The minimum absolute atomic E-state index is 0.840. The van der Waals surface area contributed by atoms with Crippen molar-refractivity contribution in [2.75, 3.05) is 18.8 Å². The minimum Gasteiger partial charge on any atom is -0.316 e. The Bertz CT molecular complexity index is 257. The third-order valence-electron chi connectivity index (χ3n) is 2.48. The van der Waals surface area contributed by atoms with Crippen molar-refractivity contribution >= 4 is 11.8 Å². The molecule has 0 bridgehead atoms. The van der Waals surface area contributed by atoms with Crippen molar-refractivity contribution in [2.45, 2.75) is 18.1 Å². The van der Waals surface area contributed by atoms with Gasteiger partial charge >= 0.3 is 0 Å². The molecule has 3 heteroatoms. The minimum atomic E-state index is 0.840. The third kappa shape index (κ3) is 3.00. The summed E-state index contributed by atoms with van der Waals surface area (Å²) in [6, 6.07) is 4.16. The maximum Gasteiger partial charge on any atom is 0.0300 e. The summed E-state index contributed by atoms with van der Waals surface area (Å²) in [5.41, 5.74) is 1.35. The SMILES string of the molecule is c1cncc(CCSC2CCNC2)c1. The Labute approximate surface area is 89.5 Å². The number of rotatable bonds is 4. The fourth-order valence-corrected chi connectivity index (χ4v) is 2.87. The van der Waals surface area contributed by atoms with Crippen molar-refractivity contribution in [1.29, 1.82) is 0 Å². The van der Waals surface area contributed by atoms with Crippen LogP contribution >= 0.6 is 11.8 Å². The van der Waals surface area contributed by atoms with E-state index in [0.717, 1.165) is 11.7 Å². The summed E-state index contributed by atoms with van der Waals surface area (Å²) < 4.78 is 0. The molecule has 1 fully saturated rings. The zero-order chi connectivity index (χ0) is 9.64. The standard InChI is InChI=1S/C11H16N2S/c1-2-10(8-12-5-1)4-7-14-11-3-6-13-9-11/h1-2,5,8,11,13H,3-4,6-7,9H2. The van der Waals surface area contributed by atoms with E-state index < -0.39 is 0 Å². The predicted octanol–water partition coefficient (Wildman–Crippen LogP) is 1.72. The number of pyridine rings is 1. The summed E-state index contributed by atoms with van der Waals surface area (Å²) in [6.07, 6.45) is 6.28. The van der Waals surface area contributed by atoms with Gasteiger partial charge in [0, 0.05) is 24.2 Å². The first kappa shape index (κ1) is 9.99. The van der Waals surface area contributed by atoms with Gasteiger partial charge in [-0.05, 0) is 36.8 Å². The van der Waals surface area contributed by atoms with Crippen LogP contribution in [0.3, 0.4) is 0 Å². The van der Waals surface area contributed by atoms with E-state index in [0.29, 0.717) is 0 Å². The lowest BCUT2D eigenvalue weighted by Crippen LogP contribution is -2.10. The molecule has 2 nitrogen and oxygen atoms in total. The number of thioether (sulfide) groups is 1. The van der Waals surface area contributed by atoms with E-state index in [1.165, 1.54) is 30.8 Å². The molecule has 0 radical (unpaired) electrons. The normalized spacial score (nSPS) is 21.3. The molecule has 1 aromatic rings. The van der Waals surface area contributed by atoms with Gasteiger partial charge in [-0.15, -0.1) is 0 Å². The Balaban J connectivity index is 1.67. The molecule has 1 aliphatic rings. The first-order chi connectivity index (χ1) is 6.95. The van der Waals surface area contributed by atoms with Crippen molar-refractivity contribution in [3.63, 3.8) is 0 Å². The lowest BCUT2D eigenvalue weighted by molar-refractivity contribution is 0.858. The molecular weight excluding hydrogens is 192 g/mol. The lowest BCUT2D eigenvalue weighted by atomic mass is 10.2. The van der Waals surface area contributed by atoms with E-state index in [1.54, 1.807) is 0 Å². The number of hydrogen-bond donors (Lipinski definition) is 1. The fraction of sp³-hybridized carbons (Fsp3) is 0.545. The molecule has 1 saturated heterocycles. The summed E-state index contributed by atoms with van der Waals surface area (Å²) >= 11 is 2.09. The van der Waals surface area contributed by atoms with E-state index in [2.05, 4.69) is 28.1 Å². The van der Waals surface area contributed by atoms with Crippen molar-refractivity contribution in [3.05, 3.63) is 30.1 Å². The van der Waals surface area contributed by atoms with Crippen LogP contribution in [0.4, 0.5) is 0 Å². The van der Waals surface area contributed by atoms with Crippen LogP contribution in [0.2, 0.25) is 0 Å². The summed E-state index contributed by atoms with van der Waals surface area (Å²) in [4.78, 5) is 4.11. The highest BCUT2D eigenvalue weighted by atomic mass is 32.2. The van der Waals surface area contributed by atoms with Gasteiger partial charge in [0.1, 0.15) is 0 Å². The van der Waals surface area contributed by atoms with Crippen molar-refractivity contribution < 1.29 is 0 Å². The predicted molar refractivity (Wildman–Crippen MR) is 61.7 cm³/mol. The van der Waals surface area contributed by atoms with Crippen molar-refractivity contribution in [2.24, 2.45) is 0 Å². The third-order valence-corrected chi connectivity index (χ3v) is 3.80. The van der Waals surface area contributed by atoms with E-state index in [9.17, 15) is 0 Å². The Morgan fingerprint density at radius 1 is 1.57 bits per heavy atom. The lowest BCUT2D eigenvalue weighted by Gasteiger charge is -2.07. The van der Waals surface area contributed by atoms with Crippen LogP contribution in [-0.2, 0) is 6.42 Å². The molecule has 1 aromatic heterocycles. The molecule has 0 aromatic carbocycles. The van der Waals surface area contributed by atoms with E-state index in [-0.39, 0.29) is 0 Å². The summed E-state index contributed by atoms with van der Waals surface area (Å²) in [5.74, 6) is 1.22. The van der Waals surface area contributed by atoms with Gasteiger partial charge in [0.15, 0.2) is 0 Å². The Morgan fingerprint density at radius 2 is 2.57 bits per heavy atom. The zero-order valence-corrected chi connectivity index (χ0v) is 9.09. The number of hydrogen-bond acceptors (Lipinski definition) is 3. The smallest absolute Gasteiger partial charge is 0.0300 e. The average Bonchev–Trinajstić information content (AvgIpc) is 2.72. The monoisotopic (exact) mass is 208 g/mol. The highest BCUT2D eigenvalue weighted by Gasteiger charge is 2.13. The van der Waals surface area contributed by atoms with Crippen LogP contribution in [-0.4, -0.2) is 29.1 Å². The maximum absolute atomic E-state index is 4.11. The van der Waals surface area contributed by atoms with Crippen LogP contribution in [0.15, 0.2) is 24.5 Å². The molecule has 0 spiro atoms. The van der Waals surface area contributed by atoms with Gasteiger partial charge in [0.2, 0.25) is 0 Å². The second kappa shape index (κ2) is 5.37. The average molecular weight is 208 g/mol. The first-order valence-electron chi connectivity index (χ1n) is 5.16. The van der Waals surface area contributed by atoms with Gasteiger partial charge in [-0.3, -0.25) is 4.98 Å². The second-order valence-corrected chi connectivity index (χ2v) is 5.01. The number of aromatic nitrogens is 1. The molecule has 1 unspecified atom stereocenters. The van der Waals surface area contributed by atoms with Crippen LogP contribution in [0.25, 0.3) is 0 Å². The van der Waals surface area contributed by atoms with Gasteiger partial charge < -0.3 is 5.32 Å². The maximum atomic E-state index is 4.11. The molecule has 2 heterocycles. The van der Waals surface area contributed by atoms with Gasteiger partial charge in [0.25, 0.3) is 0 Å². The van der Waals surface area contributed by atoms with Gasteiger partial charge in [-0.1, -0.05) is 6.07 Å². The van der Waals surface area contributed by atoms with E-state index in [4.69, 9.17) is 0 Å². The molecule has 0 aliphatic carbocycles. The second-order valence-electron chi connectivity index (χ2n) is 3.60. The quantitative estimate of drug-likeness (QED) is 0.815. The topological polar surface area (TPSA) is 24.9 Å². The number of nitrogens with zero attached hydrogens (tertiary/aromatic N) is 1. The zero-order valence-electron chi connectivity index (χ0n) is 8.28. The highest BCUT2D eigenvalue weighted by molar-refractivity contribution is 7.99. The highest BCUT2D eigenvalue weighted by Crippen LogP contribution is 2.18. The molecule has 1 atom stereocenters. The molecule has 1 aliphatic heterocycles. The van der Waals surface area contributed by atoms with Crippen LogP contribution < -0.4 is 5.32 Å². The van der Waals surface area contributed by atoms with Crippen LogP contribution in [0.1, 0.15) is 12.0 Å². The molecular formula is C11H16N2S. The van der Waals surface area contributed by atoms with Crippen LogP contribution in [0, 0.1) is 0 Å². The summed E-state index contributed by atoms with van der Waals surface area (Å²) in [7, 11) is 0. The molecule has 76 valence electrons. The van der Waals surface area contributed by atoms with Gasteiger partial charge in [0.05, 0.1) is 0 Å². The Morgan fingerprint density at radius 3 is 3.29 bits per heavy atom. The van der Waals surface area contributed by atoms with Crippen molar-refractivity contribution in [3.8, 4) is 0 Å². The first-order valence-corrected chi connectivity index (χ1v) is 6.21. The molecule has 2 rings (SSSR count). The van der Waals surface area contributed by atoms with E-state index in [1.807, 2.05) is 18.5 Å². The van der Waals surface area contributed by atoms with Gasteiger partial charge in [-0.2, -0.15) is 11.8 Å². The Hall–Kier alpha value is -0.540. The number of nitrogens with one attached hydrogen (secondary N) is 1. The molecule has 14 heavy (non-hydrogen) atoms. The largest absolute Gasteiger partial charge is 0.316 e. The van der Waals surface area contributed by atoms with E-state index >= 15 is 0 Å². The Kier molecular flexibility index (Phi) is 3.83.